The molecule has 210 valence electrons. The lowest BCUT2D eigenvalue weighted by Crippen LogP contribution is -2.42. The van der Waals surface area contributed by atoms with E-state index in [1.54, 1.807) is 23.5 Å². The molecule has 1 amide bonds. The summed E-state index contributed by atoms with van der Waals surface area (Å²) >= 11 is 1.57. The van der Waals surface area contributed by atoms with E-state index in [0.29, 0.717) is 37.4 Å². The summed E-state index contributed by atoms with van der Waals surface area (Å²) < 4.78 is 33.6. The molecule has 6 rings (SSSR count). The number of thiazole rings is 1. The molecule has 2 saturated carbocycles. The second kappa shape index (κ2) is 10.8. The Hall–Kier alpha value is -2.97. The van der Waals surface area contributed by atoms with E-state index in [1.807, 2.05) is 24.3 Å². The van der Waals surface area contributed by atoms with Crippen molar-refractivity contribution in [3.05, 3.63) is 59.2 Å². The van der Waals surface area contributed by atoms with Crippen LogP contribution < -0.4 is 10.2 Å². The maximum atomic E-state index is 13.7. The Balaban J connectivity index is 1.34. The number of aromatic nitrogens is 1. The topological polar surface area (TPSA) is 109 Å². The van der Waals surface area contributed by atoms with Crippen molar-refractivity contribution in [1.29, 1.82) is 5.26 Å². The maximum Gasteiger partial charge on any atom is 0.224 e. The minimum Gasteiger partial charge on any atom is -0.368 e. The van der Waals surface area contributed by atoms with Gasteiger partial charge in [-0.15, -0.1) is 11.3 Å². The normalized spacial score (nSPS) is 24.1. The summed E-state index contributed by atoms with van der Waals surface area (Å²) in [5.41, 5.74) is 2.95. The summed E-state index contributed by atoms with van der Waals surface area (Å²) in [6.07, 6.45) is 5.05. The second-order valence-electron chi connectivity index (χ2n) is 11.2. The molecule has 2 atom stereocenters. The molecular formula is C30H33FN4O3S2. The molecule has 3 fully saturated rings. The number of anilines is 1. The Bertz CT molecular complexity index is 1420. The van der Waals surface area contributed by atoms with E-state index in [2.05, 4.69) is 16.3 Å². The van der Waals surface area contributed by atoms with Crippen LogP contribution in [0.4, 0.5) is 10.1 Å². The maximum absolute atomic E-state index is 13.7. The highest BCUT2D eigenvalue weighted by Crippen LogP contribution is 2.47. The zero-order valence-corrected chi connectivity index (χ0v) is 23.8. The SMILES string of the molecule is N#CC1(NC(=O)[C@@H]2CCCC[C@H]2c2sc(-c3ccc(F)cc3)nc2-c2ccc(N3CCS(O)(O)CC3)cc2)CC1. The molecule has 2 aromatic carbocycles. The van der Waals surface area contributed by atoms with Crippen LogP contribution in [0.3, 0.4) is 0 Å². The van der Waals surface area contributed by atoms with E-state index < -0.39 is 16.1 Å². The zero-order chi connectivity index (χ0) is 27.9. The molecule has 0 spiro atoms. The highest BCUT2D eigenvalue weighted by atomic mass is 32.3. The predicted octanol–water partition coefficient (Wildman–Crippen LogP) is 6.63. The summed E-state index contributed by atoms with van der Waals surface area (Å²) in [5.74, 6) is 0.168. The van der Waals surface area contributed by atoms with Crippen molar-refractivity contribution < 1.29 is 18.3 Å². The summed E-state index contributed by atoms with van der Waals surface area (Å²) in [6, 6.07) is 16.8. The van der Waals surface area contributed by atoms with E-state index in [-0.39, 0.29) is 23.6 Å². The standard InChI is InChI=1S/C30H33FN4O3S2/c31-22-9-5-21(6-10-22)29-33-26(20-7-11-23(12-8-20)35-15-17-40(37,38)18-16-35)27(39-29)24-3-1-2-4-25(24)28(36)34-30(19-32)13-14-30/h5-12,24-25,37-38H,1-4,13-18H2,(H,34,36)/t24-,25-/m1/s1. The molecule has 2 aliphatic carbocycles. The van der Waals surface area contributed by atoms with Gasteiger partial charge in [0, 0.05) is 46.6 Å². The highest BCUT2D eigenvalue weighted by Gasteiger charge is 2.47. The van der Waals surface area contributed by atoms with Crippen LogP contribution in [0.25, 0.3) is 21.8 Å². The van der Waals surface area contributed by atoms with Crippen LogP contribution in [-0.2, 0) is 4.79 Å². The van der Waals surface area contributed by atoms with E-state index in [0.717, 1.165) is 58.1 Å². The first-order chi connectivity index (χ1) is 19.3. The molecule has 40 heavy (non-hydrogen) atoms. The molecule has 10 heteroatoms. The number of halogens is 1. The summed E-state index contributed by atoms with van der Waals surface area (Å²) in [5, 5.41) is 13.4. The van der Waals surface area contributed by atoms with Crippen LogP contribution in [-0.4, -0.2) is 50.1 Å². The fraction of sp³-hybridized carbons (Fsp3) is 0.433. The number of nitrogens with one attached hydrogen (secondary N) is 1. The summed E-state index contributed by atoms with van der Waals surface area (Å²) in [6.45, 7) is 1.20. The molecule has 7 nitrogen and oxygen atoms in total. The number of carbonyl (C=O) groups is 1. The van der Waals surface area contributed by atoms with Crippen molar-refractivity contribution in [3.63, 3.8) is 0 Å². The third kappa shape index (κ3) is 5.61. The fourth-order valence-electron chi connectivity index (χ4n) is 5.80. The van der Waals surface area contributed by atoms with Gasteiger partial charge in [0.05, 0.1) is 23.3 Å². The molecule has 3 aromatic rings. The quantitative estimate of drug-likeness (QED) is 0.302. The number of nitriles is 1. The molecule has 0 bridgehead atoms. The summed E-state index contributed by atoms with van der Waals surface area (Å²) in [7, 11) is -2.47. The van der Waals surface area contributed by atoms with Crippen LogP contribution in [0.15, 0.2) is 48.5 Å². The molecule has 1 aromatic heterocycles. The largest absolute Gasteiger partial charge is 0.368 e. The lowest BCUT2D eigenvalue weighted by atomic mass is 9.77. The molecule has 1 aliphatic heterocycles. The molecule has 0 unspecified atom stereocenters. The van der Waals surface area contributed by atoms with Gasteiger partial charge in [0.2, 0.25) is 5.91 Å². The monoisotopic (exact) mass is 580 g/mol. The van der Waals surface area contributed by atoms with Crippen molar-refractivity contribution >= 4 is 33.5 Å². The Kier molecular flexibility index (Phi) is 7.34. The minimum absolute atomic E-state index is 0.0167. The van der Waals surface area contributed by atoms with Gasteiger partial charge < -0.3 is 10.2 Å². The third-order valence-corrected chi connectivity index (χ3v) is 11.3. The third-order valence-electron chi connectivity index (χ3n) is 8.39. The Morgan fingerprint density at radius 3 is 2.35 bits per heavy atom. The number of hydrogen-bond donors (Lipinski definition) is 3. The van der Waals surface area contributed by atoms with Crippen molar-refractivity contribution in [2.75, 3.05) is 29.5 Å². The van der Waals surface area contributed by atoms with Gasteiger partial charge in [-0.05, 0) is 62.1 Å². The van der Waals surface area contributed by atoms with Crippen LogP contribution in [0.5, 0.6) is 0 Å². The van der Waals surface area contributed by atoms with Gasteiger partial charge in [0.15, 0.2) is 0 Å². The van der Waals surface area contributed by atoms with Crippen molar-refractivity contribution in [3.8, 4) is 27.9 Å². The first-order valence-corrected chi connectivity index (χ1v) is 16.5. The number of carbonyl (C=O) groups excluding carboxylic acids is 1. The second-order valence-corrected chi connectivity index (χ2v) is 14.6. The Labute approximate surface area is 239 Å². The van der Waals surface area contributed by atoms with Gasteiger partial charge in [-0.2, -0.15) is 15.9 Å². The Morgan fingerprint density at radius 1 is 1.05 bits per heavy atom. The fourth-order valence-corrected chi connectivity index (χ4v) is 8.32. The molecule has 3 aliphatic rings. The minimum atomic E-state index is -2.47. The van der Waals surface area contributed by atoms with E-state index >= 15 is 0 Å². The molecule has 2 heterocycles. The van der Waals surface area contributed by atoms with Gasteiger partial charge in [-0.1, -0.05) is 25.0 Å². The first kappa shape index (κ1) is 27.2. The summed E-state index contributed by atoms with van der Waals surface area (Å²) in [4.78, 5) is 21.7. The molecular weight excluding hydrogens is 547 g/mol. The van der Waals surface area contributed by atoms with Crippen molar-refractivity contribution in [1.82, 2.24) is 10.3 Å². The van der Waals surface area contributed by atoms with Gasteiger partial charge in [-0.3, -0.25) is 13.9 Å². The van der Waals surface area contributed by atoms with E-state index in [9.17, 15) is 23.6 Å². The lowest BCUT2D eigenvalue weighted by molar-refractivity contribution is -0.127. The van der Waals surface area contributed by atoms with Gasteiger partial charge in [-0.25, -0.2) is 9.37 Å². The van der Waals surface area contributed by atoms with Gasteiger partial charge in [0.1, 0.15) is 16.4 Å². The van der Waals surface area contributed by atoms with Gasteiger partial charge >= 0.3 is 0 Å². The average Bonchev–Trinajstić information content (AvgIpc) is 3.60. The van der Waals surface area contributed by atoms with Crippen molar-refractivity contribution in [2.45, 2.75) is 50.0 Å². The lowest BCUT2D eigenvalue weighted by Gasteiger charge is -2.41. The van der Waals surface area contributed by atoms with E-state index in [1.165, 1.54) is 12.1 Å². The van der Waals surface area contributed by atoms with Crippen molar-refractivity contribution in [2.24, 2.45) is 5.92 Å². The number of hydrogen-bond acceptors (Lipinski definition) is 7. The van der Waals surface area contributed by atoms with E-state index in [4.69, 9.17) is 4.98 Å². The first-order valence-electron chi connectivity index (χ1n) is 13.8. The molecule has 1 saturated heterocycles. The number of nitrogens with zero attached hydrogens (tertiary/aromatic N) is 3. The number of rotatable bonds is 6. The van der Waals surface area contributed by atoms with Crippen LogP contribution in [0.2, 0.25) is 0 Å². The average molecular weight is 581 g/mol. The smallest absolute Gasteiger partial charge is 0.224 e. The number of benzene rings is 2. The zero-order valence-electron chi connectivity index (χ0n) is 22.2. The van der Waals surface area contributed by atoms with Crippen LogP contribution >= 0.6 is 21.9 Å². The van der Waals surface area contributed by atoms with Gasteiger partial charge in [0.25, 0.3) is 0 Å². The van der Waals surface area contributed by atoms with Crippen LogP contribution in [0, 0.1) is 23.1 Å². The van der Waals surface area contributed by atoms with Crippen LogP contribution in [0.1, 0.15) is 49.3 Å². The predicted molar refractivity (Wildman–Crippen MR) is 158 cm³/mol. The molecule has 3 N–H and O–H groups in total. The highest BCUT2D eigenvalue weighted by molar-refractivity contribution is 8.24. The molecule has 0 radical (unpaired) electrons. The number of amides is 1. The Morgan fingerprint density at radius 2 is 1.70 bits per heavy atom.